The predicted octanol–water partition coefficient (Wildman–Crippen LogP) is 0.0584. The maximum absolute atomic E-state index is 11.5. The van der Waals surface area contributed by atoms with Gasteiger partial charge >= 0.3 is 18.0 Å². The van der Waals surface area contributed by atoms with Crippen molar-refractivity contribution in [3.63, 3.8) is 0 Å². The van der Waals surface area contributed by atoms with Crippen molar-refractivity contribution in [2.24, 2.45) is 0 Å². The SMILES string of the molecule is C#CCSCCNC(=O)N[C@H](CCC(=O)OC)C(=O)O. The van der Waals surface area contributed by atoms with E-state index in [2.05, 4.69) is 21.3 Å². The van der Waals surface area contributed by atoms with Gasteiger partial charge in [-0.1, -0.05) is 5.92 Å². The number of carboxylic acid groups (broad SMARTS) is 1. The van der Waals surface area contributed by atoms with Gasteiger partial charge in [0.25, 0.3) is 0 Å². The summed E-state index contributed by atoms with van der Waals surface area (Å²) in [6, 6.07) is -1.73. The Balaban J connectivity index is 3.99. The smallest absolute Gasteiger partial charge is 0.326 e. The normalized spacial score (nSPS) is 11.0. The van der Waals surface area contributed by atoms with E-state index in [1.165, 1.54) is 18.9 Å². The lowest BCUT2D eigenvalue weighted by atomic mass is 10.1. The molecule has 0 saturated carbocycles. The van der Waals surface area contributed by atoms with Crippen molar-refractivity contribution in [1.29, 1.82) is 0 Å². The summed E-state index contributed by atoms with van der Waals surface area (Å²) in [4.78, 5) is 33.3. The first kappa shape index (κ1) is 18.1. The molecular formula is C12H18N2O5S. The Hall–Kier alpha value is -1.88. The van der Waals surface area contributed by atoms with Crippen molar-refractivity contribution in [3.05, 3.63) is 0 Å². The lowest BCUT2D eigenvalue weighted by molar-refractivity contribution is -0.142. The number of aliphatic carboxylic acids is 1. The number of thioether (sulfide) groups is 1. The van der Waals surface area contributed by atoms with Gasteiger partial charge in [-0.25, -0.2) is 9.59 Å². The highest BCUT2D eigenvalue weighted by atomic mass is 32.2. The summed E-state index contributed by atoms with van der Waals surface area (Å²) in [7, 11) is 1.21. The molecule has 0 unspecified atom stereocenters. The number of hydrogen-bond donors (Lipinski definition) is 3. The number of carbonyl (C=O) groups is 3. The molecule has 0 spiro atoms. The number of amides is 2. The van der Waals surface area contributed by atoms with Gasteiger partial charge in [0.15, 0.2) is 0 Å². The van der Waals surface area contributed by atoms with Gasteiger partial charge in [-0.2, -0.15) is 0 Å². The third kappa shape index (κ3) is 9.10. The fraction of sp³-hybridized carbons (Fsp3) is 0.583. The van der Waals surface area contributed by atoms with E-state index in [9.17, 15) is 14.4 Å². The van der Waals surface area contributed by atoms with E-state index in [0.717, 1.165) is 0 Å². The minimum atomic E-state index is -1.20. The molecule has 0 heterocycles. The predicted molar refractivity (Wildman–Crippen MR) is 75.4 cm³/mol. The fourth-order valence-corrected chi connectivity index (χ4v) is 1.71. The molecule has 0 aromatic rings. The number of carboxylic acids is 1. The van der Waals surface area contributed by atoms with Crippen molar-refractivity contribution in [1.82, 2.24) is 10.6 Å². The maximum atomic E-state index is 11.5. The van der Waals surface area contributed by atoms with Crippen molar-refractivity contribution < 1.29 is 24.2 Å². The first-order chi connectivity index (χ1) is 9.51. The Labute approximate surface area is 121 Å². The van der Waals surface area contributed by atoms with Gasteiger partial charge in [0.05, 0.1) is 12.9 Å². The second-order valence-corrected chi connectivity index (χ2v) is 4.77. The molecule has 0 aliphatic heterocycles. The summed E-state index contributed by atoms with van der Waals surface area (Å²) in [5.74, 6) is 1.91. The van der Waals surface area contributed by atoms with E-state index in [1.807, 2.05) is 0 Å². The standard InChI is InChI=1S/C12H18N2O5S/c1-3-7-20-8-6-13-12(18)14-9(11(16)17)4-5-10(15)19-2/h1,9H,4-8H2,2H3,(H,16,17)(H2,13,14,18)/t9-/m1/s1. The maximum Gasteiger partial charge on any atom is 0.326 e. The molecule has 0 aromatic carbocycles. The number of methoxy groups -OCH3 is 1. The van der Waals surface area contributed by atoms with Crippen molar-refractivity contribution in [2.45, 2.75) is 18.9 Å². The molecule has 0 fully saturated rings. The van der Waals surface area contributed by atoms with Gasteiger partial charge in [0, 0.05) is 18.7 Å². The Morgan fingerprint density at radius 3 is 2.70 bits per heavy atom. The first-order valence-electron chi connectivity index (χ1n) is 5.86. The average molecular weight is 302 g/mol. The van der Waals surface area contributed by atoms with Crippen molar-refractivity contribution in [2.75, 3.05) is 25.2 Å². The van der Waals surface area contributed by atoms with Crippen LogP contribution in [0.2, 0.25) is 0 Å². The molecule has 3 N–H and O–H groups in total. The molecule has 0 aliphatic rings. The topological polar surface area (TPSA) is 105 Å². The van der Waals surface area contributed by atoms with Crippen LogP contribution in [-0.2, 0) is 14.3 Å². The van der Waals surface area contributed by atoms with E-state index in [0.29, 0.717) is 18.1 Å². The van der Waals surface area contributed by atoms with Crippen LogP contribution in [-0.4, -0.2) is 54.3 Å². The molecule has 7 nitrogen and oxygen atoms in total. The van der Waals surface area contributed by atoms with Crippen molar-refractivity contribution >= 4 is 29.7 Å². The number of rotatable bonds is 9. The van der Waals surface area contributed by atoms with Gasteiger partial charge in [-0.3, -0.25) is 4.79 Å². The molecule has 2 amide bonds. The van der Waals surface area contributed by atoms with Crippen LogP contribution in [0.5, 0.6) is 0 Å². The Morgan fingerprint density at radius 2 is 2.15 bits per heavy atom. The van der Waals surface area contributed by atoms with Crippen LogP contribution in [0.25, 0.3) is 0 Å². The van der Waals surface area contributed by atoms with Gasteiger partial charge in [0.1, 0.15) is 6.04 Å². The van der Waals surface area contributed by atoms with Crippen LogP contribution in [0.4, 0.5) is 4.79 Å². The average Bonchev–Trinajstić information content (AvgIpc) is 2.42. The number of ether oxygens (including phenoxy) is 1. The molecule has 0 saturated heterocycles. The minimum absolute atomic E-state index is 0.0265. The number of esters is 1. The lowest BCUT2D eigenvalue weighted by Crippen LogP contribution is -2.46. The minimum Gasteiger partial charge on any atom is -0.480 e. The second kappa shape index (κ2) is 11.0. The summed E-state index contributed by atoms with van der Waals surface area (Å²) < 4.78 is 4.41. The number of nitrogens with one attached hydrogen (secondary N) is 2. The first-order valence-corrected chi connectivity index (χ1v) is 7.02. The molecule has 0 bridgehead atoms. The zero-order chi connectivity index (χ0) is 15.4. The quantitative estimate of drug-likeness (QED) is 0.316. The lowest BCUT2D eigenvalue weighted by Gasteiger charge is -2.14. The van der Waals surface area contributed by atoms with E-state index in [4.69, 9.17) is 11.5 Å². The summed E-state index contributed by atoms with van der Waals surface area (Å²) >= 11 is 1.48. The zero-order valence-corrected chi connectivity index (χ0v) is 12.0. The fourth-order valence-electron chi connectivity index (χ4n) is 1.20. The summed E-state index contributed by atoms with van der Waals surface area (Å²) in [5, 5.41) is 13.7. The van der Waals surface area contributed by atoms with Crippen LogP contribution < -0.4 is 10.6 Å². The van der Waals surface area contributed by atoms with Crippen LogP contribution in [0.1, 0.15) is 12.8 Å². The summed E-state index contributed by atoms with van der Waals surface area (Å²) in [5.41, 5.74) is 0. The Morgan fingerprint density at radius 1 is 1.45 bits per heavy atom. The number of terminal acetylenes is 1. The molecule has 20 heavy (non-hydrogen) atoms. The third-order valence-electron chi connectivity index (χ3n) is 2.19. The molecular weight excluding hydrogens is 284 g/mol. The summed E-state index contributed by atoms with van der Waals surface area (Å²) in [6.45, 7) is 0.377. The number of urea groups is 1. The highest BCUT2D eigenvalue weighted by molar-refractivity contribution is 7.99. The van der Waals surface area contributed by atoms with Gasteiger partial charge in [-0.05, 0) is 6.42 Å². The molecule has 0 aromatic heterocycles. The van der Waals surface area contributed by atoms with E-state index in [-0.39, 0.29) is 12.8 Å². The molecule has 112 valence electrons. The molecule has 0 rings (SSSR count). The van der Waals surface area contributed by atoms with E-state index in [1.54, 1.807) is 0 Å². The Bertz CT molecular complexity index is 381. The highest BCUT2D eigenvalue weighted by Crippen LogP contribution is 2.00. The van der Waals surface area contributed by atoms with Gasteiger partial charge in [0.2, 0.25) is 0 Å². The Kier molecular flexibility index (Phi) is 9.96. The van der Waals surface area contributed by atoms with Crippen LogP contribution in [0.3, 0.4) is 0 Å². The van der Waals surface area contributed by atoms with Gasteiger partial charge < -0.3 is 20.5 Å². The molecule has 0 aliphatic carbocycles. The highest BCUT2D eigenvalue weighted by Gasteiger charge is 2.20. The van der Waals surface area contributed by atoms with Crippen LogP contribution >= 0.6 is 11.8 Å². The largest absolute Gasteiger partial charge is 0.480 e. The molecule has 1 atom stereocenters. The van der Waals surface area contributed by atoms with Gasteiger partial charge in [-0.15, -0.1) is 18.2 Å². The van der Waals surface area contributed by atoms with E-state index >= 15 is 0 Å². The third-order valence-corrected chi connectivity index (χ3v) is 3.05. The molecule has 0 radical (unpaired) electrons. The van der Waals surface area contributed by atoms with E-state index < -0.39 is 24.0 Å². The number of hydrogen-bond acceptors (Lipinski definition) is 5. The zero-order valence-electron chi connectivity index (χ0n) is 11.2. The monoisotopic (exact) mass is 302 g/mol. The number of carbonyl (C=O) groups excluding carboxylic acids is 2. The van der Waals surface area contributed by atoms with Crippen molar-refractivity contribution in [3.8, 4) is 12.3 Å². The van der Waals surface area contributed by atoms with Crippen LogP contribution in [0.15, 0.2) is 0 Å². The molecule has 8 heteroatoms. The summed E-state index contributed by atoms with van der Waals surface area (Å²) in [6.07, 6.45) is 4.96. The second-order valence-electron chi connectivity index (χ2n) is 3.66. The van der Waals surface area contributed by atoms with Crippen LogP contribution in [0, 0.1) is 12.3 Å².